The highest BCUT2D eigenvalue weighted by Crippen LogP contribution is 2.26. The Bertz CT molecular complexity index is 789. The lowest BCUT2D eigenvalue weighted by molar-refractivity contribution is 0.408. The van der Waals surface area contributed by atoms with E-state index in [-0.39, 0.29) is 11.8 Å². The molecule has 2 aromatic heterocycles. The van der Waals surface area contributed by atoms with E-state index < -0.39 is 0 Å². The molecule has 0 saturated heterocycles. The third-order valence-electron chi connectivity index (χ3n) is 3.11. The predicted octanol–water partition coefficient (Wildman–Crippen LogP) is 1.21. The largest absolute Gasteiger partial charge is 0.480 e. The minimum absolute atomic E-state index is 0.124. The summed E-state index contributed by atoms with van der Waals surface area (Å²) in [6, 6.07) is 9.65. The van der Waals surface area contributed by atoms with E-state index in [9.17, 15) is 5.11 Å². The van der Waals surface area contributed by atoms with Crippen LogP contribution in [0.4, 0.5) is 5.82 Å². The van der Waals surface area contributed by atoms with Crippen LogP contribution in [0.15, 0.2) is 35.5 Å². The summed E-state index contributed by atoms with van der Waals surface area (Å²) in [6.07, 6.45) is 0. The highest BCUT2D eigenvalue weighted by Gasteiger charge is 2.16. The summed E-state index contributed by atoms with van der Waals surface area (Å²) < 4.78 is 1.62. The van der Waals surface area contributed by atoms with Gasteiger partial charge < -0.3 is 16.6 Å². The lowest BCUT2D eigenvalue weighted by Crippen LogP contribution is -2.05. The molecule has 0 amide bonds. The third-order valence-corrected chi connectivity index (χ3v) is 3.99. The van der Waals surface area contributed by atoms with Crippen LogP contribution >= 0.6 is 11.8 Å². The van der Waals surface area contributed by atoms with E-state index in [1.54, 1.807) is 4.57 Å². The third kappa shape index (κ3) is 2.83. The first-order valence-electron chi connectivity index (χ1n) is 6.78. The average molecular weight is 316 g/mol. The molecule has 8 heteroatoms. The number of nitrogen functional groups attached to an aromatic ring is 1. The Kier molecular flexibility index (Phi) is 4.12. The van der Waals surface area contributed by atoms with Gasteiger partial charge in [0.15, 0.2) is 22.1 Å². The normalized spacial score (nSPS) is 11.1. The number of anilines is 1. The van der Waals surface area contributed by atoms with Crippen LogP contribution in [-0.2, 0) is 6.54 Å². The average Bonchev–Trinajstić information content (AvgIpc) is 2.83. The maximum Gasteiger partial charge on any atom is 0.296 e. The van der Waals surface area contributed by atoms with E-state index in [1.807, 2.05) is 30.3 Å². The van der Waals surface area contributed by atoms with Gasteiger partial charge in [0, 0.05) is 12.3 Å². The zero-order valence-electron chi connectivity index (χ0n) is 11.8. The number of hydrogen-bond acceptors (Lipinski definition) is 7. The molecule has 2 heterocycles. The molecule has 0 atom stereocenters. The molecule has 3 aromatic rings. The van der Waals surface area contributed by atoms with Gasteiger partial charge in [0.25, 0.3) is 6.01 Å². The summed E-state index contributed by atoms with van der Waals surface area (Å²) in [7, 11) is 0. The number of aromatic nitrogens is 4. The van der Waals surface area contributed by atoms with Gasteiger partial charge >= 0.3 is 0 Å². The van der Waals surface area contributed by atoms with Crippen LogP contribution in [0.5, 0.6) is 6.01 Å². The number of nitrogens with two attached hydrogens (primary N) is 2. The zero-order valence-corrected chi connectivity index (χ0v) is 12.6. The number of fused-ring (bicyclic) bond motifs is 1. The quantitative estimate of drug-likeness (QED) is 0.478. The highest BCUT2D eigenvalue weighted by molar-refractivity contribution is 7.99. The van der Waals surface area contributed by atoms with Gasteiger partial charge in [-0.15, -0.1) is 0 Å². The van der Waals surface area contributed by atoms with Gasteiger partial charge in [0.2, 0.25) is 0 Å². The maximum absolute atomic E-state index is 10.1. The van der Waals surface area contributed by atoms with Gasteiger partial charge in [-0.1, -0.05) is 42.1 Å². The van der Waals surface area contributed by atoms with Crippen LogP contribution in [0.25, 0.3) is 11.2 Å². The Morgan fingerprint density at radius 3 is 2.64 bits per heavy atom. The summed E-state index contributed by atoms with van der Waals surface area (Å²) in [5, 5.41) is 10.6. The lowest BCUT2D eigenvalue weighted by Gasteiger charge is -2.06. The zero-order chi connectivity index (χ0) is 15.5. The number of benzene rings is 1. The van der Waals surface area contributed by atoms with Gasteiger partial charge in [-0.3, -0.25) is 4.57 Å². The van der Waals surface area contributed by atoms with Crippen molar-refractivity contribution in [2.24, 2.45) is 5.73 Å². The lowest BCUT2D eigenvalue weighted by atomic mass is 10.2. The van der Waals surface area contributed by atoms with Gasteiger partial charge in [-0.25, -0.2) is 9.97 Å². The van der Waals surface area contributed by atoms with E-state index in [0.717, 1.165) is 5.56 Å². The van der Waals surface area contributed by atoms with Crippen molar-refractivity contribution in [3.05, 3.63) is 35.9 Å². The number of rotatable bonds is 5. The van der Waals surface area contributed by atoms with E-state index in [4.69, 9.17) is 11.5 Å². The number of aromatic hydroxyl groups is 1. The topological polar surface area (TPSA) is 116 Å². The van der Waals surface area contributed by atoms with E-state index >= 15 is 0 Å². The molecule has 0 aliphatic rings. The first-order chi connectivity index (χ1) is 10.7. The molecule has 0 aliphatic carbocycles. The number of imidazole rings is 1. The molecule has 0 saturated carbocycles. The summed E-state index contributed by atoms with van der Waals surface area (Å²) in [5.74, 6) is 0.954. The van der Waals surface area contributed by atoms with Crippen LogP contribution in [0.1, 0.15) is 5.56 Å². The molecule has 114 valence electrons. The standard InChI is InChI=1S/C14H16N6OS/c15-6-7-22-13-18-11(16)10-12(19-13)20(14(21)17-10)8-9-4-2-1-3-5-9/h1-5H,6-8,15H2,(H,17,21)(H2,16,18,19). The SMILES string of the molecule is NCCSc1nc(N)c2nc(O)n(Cc3ccccc3)c2n1. The molecule has 1 aromatic carbocycles. The first-order valence-corrected chi connectivity index (χ1v) is 7.77. The molecule has 0 radical (unpaired) electrons. The smallest absolute Gasteiger partial charge is 0.296 e. The van der Waals surface area contributed by atoms with Gasteiger partial charge in [0.1, 0.15) is 0 Å². The molecule has 22 heavy (non-hydrogen) atoms. The van der Waals surface area contributed by atoms with Crippen LogP contribution in [0, 0.1) is 0 Å². The van der Waals surface area contributed by atoms with Crippen LogP contribution in [-0.4, -0.2) is 36.9 Å². The minimum Gasteiger partial charge on any atom is -0.480 e. The van der Waals surface area contributed by atoms with Crippen LogP contribution in [0.3, 0.4) is 0 Å². The Hall–Kier alpha value is -2.32. The number of hydrogen-bond donors (Lipinski definition) is 3. The van der Waals surface area contributed by atoms with Gasteiger partial charge in [-0.2, -0.15) is 4.98 Å². The maximum atomic E-state index is 10.1. The van der Waals surface area contributed by atoms with Crippen LogP contribution in [0.2, 0.25) is 0 Å². The molecule has 3 rings (SSSR count). The molecule has 7 nitrogen and oxygen atoms in total. The van der Waals surface area contributed by atoms with E-state index in [2.05, 4.69) is 15.0 Å². The summed E-state index contributed by atoms with van der Waals surface area (Å²) in [5.41, 5.74) is 13.4. The molecule has 0 aliphatic heterocycles. The fraction of sp³-hybridized carbons (Fsp3) is 0.214. The number of nitrogens with zero attached hydrogens (tertiary/aromatic N) is 4. The van der Waals surface area contributed by atoms with Crippen molar-refractivity contribution in [3.8, 4) is 6.01 Å². The van der Waals surface area contributed by atoms with Crippen molar-refractivity contribution in [3.63, 3.8) is 0 Å². The Morgan fingerprint density at radius 2 is 1.91 bits per heavy atom. The molecule has 0 bridgehead atoms. The molecule has 0 fully saturated rings. The molecular weight excluding hydrogens is 300 g/mol. The van der Waals surface area contributed by atoms with Crippen molar-refractivity contribution in [1.29, 1.82) is 0 Å². The summed E-state index contributed by atoms with van der Waals surface area (Å²) >= 11 is 1.42. The van der Waals surface area contributed by atoms with Crippen molar-refractivity contribution < 1.29 is 5.11 Å². The molecule has 5 N–H and O–H groups in total. The first kappa shape index (κ1) is 14.6. The molecule has 0 unspecified atom stereocenters. The van der Waals surface area contributed by atoms with Crippen molar-refractivity contribution in [2.45, 2.75) is 11.7 Å². The van der Waals surface area contributed by atoms with E-state index in [1.165, 1.54) is 11.8 Å². The number of thioether (sulfide) groups is 1. The van der Waals surface area contributed by atoms with Crippen molar-refractivity contribution >= 4 is 28.7 Å². The van der Waals surface area contributed by atoms with Gasteiger partial charge in [-0.05, 0) is 5.56 Å². The van der Waals surface area contributed by atoms with Crippen molar-refractivity contribution in [2.75, 3.05) is 18.0 Å². The van der Waals surface area contributed by atoms with Gasteiger partial charge in [0.05, 0.1) is 6.54 Å². The second-order valence-electron chi connectivity index (χ2n) is 4.68. The second-order valence-corrected chi connectivity index (χ2v) is 5.75. The van der Waals surface area contributed by atoms with Crippen LogP contribution < -0.4 is 11.5 Å². The fourth-order valence-electron chi connectivity index (χ4n) is 2.12. The molecular formula is C14H16N6OS. The summed E-state index contributed by atoms with van der Waals surface area (Å²) in [6.45, 7) is 0.987. The van der Waals surface area contributed by atoms with E-state index in [0.29, 0.717) is 35.2 Å². The second kappa shape index (κ2) is 6.20. The molecule has 0 spiro atoms. The minimum atomic E-state index is -0.124. The fourth-order valence-corrected chi connectivity index (χ4v) is 2.73. The highest BCUT2D eigenvalue weighted by atomic mass is 32.2. The summed E-state index contributed by atoms with van der Waals surface area (Å²) in [4.78, 5) is 12.7. The Morgan fingerprint density at radius 1 is 1.14 bits per heavy atom. The predicted molar refractivity (Wildman–Crippen MR) is 86.7 cm³/mol. The van der Waals surface area contributed by atoms with Crippen molar-refractivity contribution in [1.82, 2.24) is 19.5 Å². The Labute approximate surface area is 131 Å². The Balaban J connectivity index is 2.05. The monoisotopic (exact) mass is 316 g/mol.